The van der Waals surface area contributed by atoms with Crippen LogP contribution in [0.4, 0.5) is 0 Å². The molecule has 0 aromatic rings. The van der Waals surface area contributed by atoms with Crippen molar-refractivity contribution >= 4 is 11.8 Å². The minimum Gasteiger partial charge on any atom is -0.388 e. The fraction of sp³-hybridized carbons (Fsp3) is 1.00. The van der Waals surface area contributed by atoms with E-state index in [0.29, 0.717) is 25.8 Å². The molecular weight excluding hydrogens is 274 g/mol. The standard InChI is InChI=1S/C15H27NO3S/c17-14(2-7-18-8-3-14)12-16-13-1-6-19-15(11-13)4-9-20-10-5-15/h13,16-17H,1-12H2. The lowest BCUT2D eigenvalue weighted by molar-refractivity contribution is -0.0997. The van der Waals surface area contributed by atoms with Crippen LogP contribution >= 0.6 is 11.8 Å². The van der Waals surface area contributed by atoms with Gasteiger partial charge in [-0.25, -0.2) is 0 Å². The molecule has 0 amide bonds. The lowest BCUT2D eigenvalue weighted by atomic mass is 9.85. The SMILES string of the molecule is OC1(CNC2CCOC3(CCSCC3)C2)CCOCC1. The maximum absolute atomic E-state index is 10.5. The Balaban J connectivity index is 1.49. The molecule has 116 valence electrons. The van der Waals surface area contributed by atoms with E-state index in [2.05, 4.69) is 5.32 Å². The Bertz CT molecular complexity index is 309. The number of hydrogen-bond donors (Lipinski definition) is 2. The molecule has 3 heterocycles. The van der Waals surface area contributed by atoms with Crippen LogP contribution in [0.5, 0.6) is 0 Å². The van der Waals surface area contributed by atoms with Crippen molar-refractivity contribution in [3.8, 4) is 0 Å². The summed E-state index contributed by atoms with van der Waals surface area (Å²) in [6.07, 6.45) is 6.07. The zero-order valence-corrected chi connectivity index (χ0v) is 13.1. The van der Waals surface area contributed by atoms with Gasteiger partial charge in [-0.05, 0) is 37.2 Å². The van der Waals surface area contributed by atoms with Gasteiger partial charge < -0.3 is 19.9 Å². The maximum Gasteiger partial charge on any atom is 0.0815 e. The molecule has 3 fully saturated rings. The van der Waals surface area contributed by atoms with Crippen molar-refractivity contribution in [2.45, 2.75) is 55.8 Å². The molecule has 0 bridgehead atoms. The highest BCUT2D eigenvalue weighted by Gasteiger charge is 2.39. The summed E-state index contributed by atoms with van der Waals surface area (Å²) in [7, 11) is 0. The fourth-order valence-corrected chi connectivity index (χ4v) is 4.79. The second-order valence-corrected chi connectivity index (χ2v) is 7.78. The van der Waals surface area contributed by atoms with Crippen molar-refractivity contribution in [2.75, 3.05) is 37.9 Å². The zero-order valence-electron chi connectivity index (χ0n) is 12.2. The minimum absolute atomic E-state index is 0.124. The monoisotopic (exact) mass is 301 g/mol. The van der Waals surface area contributed by atoms with Crippen LogP contribution in [0.1, 0.15) is 38.5 Å². The molecule has 20 heavy (non-hydrogen) atoms. The first-order valence-corrected chi connectivity index (χ1v) is 9.11. The quantitative estimate of drug-likeness (QED) is 0.828. The number of aliphatic hydroxyl groups is 1. The smallest absolute Gasteiger partial charge is 0.0815 e. The number of rotatable bonds is 3. The van der Waals surface area contributed by atoms with Gasteiger partial charge in [0, 0.05) is 45.2 Å². The summed E-state index contributed by atoms with van der Waals surface area (Å²) in [6.45, 7) is 2.94. The molecular formula is C15H27NO3S. The first-order chi connectivity index (χ1) is 9.70. The van der Waals surface area contributed by atoms with Crippen LogP contribution in [0.2, 0.25) is 0 Å². The van der Waals surface area contributed by atoms with E-state index in [1.807, 2.05) is 11.8 Å². The van der Waals surface area contributed by atoms with E-state index in [1.165, 1.54) is 24.3 Å². The summed E-state index contributed by atoms with van der Waals surface area (Å²) in [4.78, 5) is 0. The molecule has 1 atom stereocenters. The molecule has 3 saturated heterocycles. The normalized spacial score (nSPS) is 33.1. The molecule has 2 N–H and O–H groups in total. The highest BCUT2D eigenvalue weighted by molar-refractivity contribution is 7.99. The van der Waals surface area contributed by atoms with Crippen LogP contribution in [0, 0.1) is 0 Å². The van der Waals surface area contributed by atoms with Gasteiger partial charge in [-0.2, -0.15) is 11.8 Å². The Morgan fingerprint density at radius 1 is 1.10 bits per heavy atom. The Labute approximate surface area is 126 Å². The molecule has 0 aromatic carbocycles. The first kappa shape index (κ1) is 15.1. The summed E-state index contributed by atoms with van der Waals surface area (Å²) in [5.41, 5.74) is -0.439. The number of thioether (sulfide) groups is 1. The second kappa shape index (κ2) is 6.53. The van der Waals surface area contributed by atoms with Gasteiger partial charge in [0.05, 0.1) is 11.2 Å². The number of hydrogen-bond acceptors (Lipinski definition) is 5. The molecule has 3 aliphatic rings. The van der Waals surface area contributed by atoms with Crippen molar-refractivity contribution < 1.29 is 14.6 Å². The highest BCUT2D eigenvalue weighted by Crippen LogP contribution is 2.37. The maximum atomic E-state index is 10.5. The van der Waals surface area contributed by atoms with Crippen LogP contribution in [0.25, 0.3) is 0 Å². The van der Waals surface area contributed by atoms with E-state index in [-0.39, 0.29) is 5.60 Å². The van der Waals surface area contributed by atoms with Crippen LogP contribution < -0.4 is 5.32 Å². The topological polar surface area (TPSA) is 50.7 Å². The van der Waals surface area contributed by atoms with Gasteiger partial charge in [-0.1, -0.05) is 0 Å². The third kappa shape index (κ3) is 3.69. The van der Waals surface area contributed by atoms with E-state index in [9.17, 15) is 5.11 Å². The van der Waals surface area contributed by atoms with Gasteiger partial charge in [0.25, 0.3) is 0 Å². The molecule has 1 unspecified atom stereocenters. The van der Waals surface area contributed by atoms with E-state index >= 15 is 0 Å². The Kier molecular flexibility index (Phi) is 4.93. The fourth-order valence-electron chi connectivity index (χ4n) is 3.56. The Morgan fingerprint density at radius 2 is 1.85 bits per heavy atom. The summed E-state index contributed by atoms with van der Waals surface area (Å²) < 4.78 is 11.5. The van der Waals surface area contributed by atoms with Gasteiger partial charge in [-0.15, -0.1) is 0 Å². The van der Waals surface area contributed by atoms with Crippen molar-refractivity contribution in [1.82, 2.24) is 5.32 Å². The number of nitrogens with one attached hydrogen (secondary N) is 1. The molecule has 3 aliphatic heterocycles. The Hall–Kier alpha value is 0.190. The summed E-state index contributed by atoms with van der Waals surface area (Å²) in [5, 5.41) is 14.1. The van der Waals surface area contributed by atoms with E-state index < -0.39 is 5.60 Å². The van der Waals surface area contributed by atoms with E-state index in [0.717, 1.165) is 32.3 Å². The van der Waals surface area contributed by atoms with Gasteiger partial charge >= 0.3 is 0 Å². The largest absolute Gasteiger partial charge is 0.388 e. The lowest BCUT2D eigenvalue weighted by Crippen LogP contribution is -2.53. The molecule has 0 aliphatic carbocycles. The van der Waals surface area contributed by atoms with Gasteiger partial charge in [0.15, 0.2) is 0 Å². The molecule has 5 heteroatoms. The zero-order chi connectivity index (χ0) is 13.9. The number of ether oxygens (including phenoxy) is 2. The molecule has 0 saturated carbocycles. The van der Waals surface area contributed by atoms with Crippen LogP contribution in [0.15, 0.2) is 0 Å². The predicted octanol–water partition coefficient (Wildman–Crippen LogP) is 1.56. The Morgan fingerprint density at radius 3 is 2.60 bits per heavy atom. The van der Waals surface area contributed by atoms with Crippen molar-refractivity contribution in [3.63, 3.8) is 0 Å². The second-order valence-electron chi connectivity index (χ2n) is 6.55. The minimum atomic E-state index is -0.563. The summed E-state index contributed by atoms with van der Waals surface area (Å²) >= 11 is 2.04. The lowest BCUT2D eigenvalue weighted by Gasteiger charge is -2.44. The third-order valence-electron chi connectivity index (χ3n) is 5.04. The van der Waals surface area contributed by atoms with Crippen LogP contribution in [-0.4, -0.2) is 60.2 Å². The predicted molar refractivity (Wildman–Crippen MR) is 81.3 cm³/mol. The molecule has 1 spiro atoms. The van der Waals surface area contributed by atoms with Crippen molar-refractivity contribution in [2.24, 2.45) is 0 Å². The van der Waals surface area contributed by atoms with Crippen LogP contribution in [-0.2, 0) is 9.47 Å². The molecule has 4 nitrogen and oxygen atoms in total. The first-order valence-electron chi connectivity index (χ1n) is 7.95. The average Bonchev–Trinajstić information content (AvgIpc) is 2.47. The summed E-state index contributed by atoms with van der Waals surface area (Å²) in [6, 6.07) is 0.499. The van der Waals surface area contributed by atoms with E-state index in [4.69, 9.17) is 9.47 Å². The molecule has 3 rings (SSSR count). The summed E-state index contributed by atoms with van der Waals surface area (Å²) in [5.74, 6) is 2.46. The van der Waals surface area contributed by atoms with Crippen LogP contribution in [0.3, 0.4) is 0 Å². The average molecular weight is 301 g/mol. The van der Waals surface area contributed by atoms with Gasteiger partial charge in [0.1, 0.15) is 0 Å². The van der Waals surface area contributed by atoms with Crippen molar-refractivity contribution in [3.05, 3.63) is 0 Å². The third-order valence-corrected chi connectivity index (χ3v) is 6.03. The highest BCUT2D eigenvalue weighted by atomic mass is 32.2. The molecule has 0 aromatic heterocycles. The van der Waals surface area contributed by atoms with E-state index in [1.54, 1.807) is 0 Å². The molecule has 0 radical (unpaired) electrons. The van der Waals surface area contributed by atoms with Crippen molar-refractivity contribution in [1.29, 1.82) is 0 Å². The van der Waals surface area contributed by atoms with Gasteiger partial charge in [-0.3, -0.25) is 0 Å². The van der Waals surface area contributed by atoms with Gasteiger partial charge in [0.2, 0.25) is 0 Å².